The van der Waals surface area contributed by atoms with Crippen molar-refractivity contribution in [3.05, 3.63) is 52.3 Å². The van der Waals surface area contributed by atoms with Crippen LogP contribution in [0.5, 0.6) is 0 Å². The molecule has 1 aromatic heterocycles. The topological polar surface area (TPSA) is 49.3 Å². The van der Waals surface area contributed by atoms with E-state index in [9.17, 15) is 4.79 Å². The SMILES string of the molecule is Cc1ccccc1C1CCCN1C(=O)c1nc(N2CCCC2)ncc1Cl. The number of anilines is 1. The van der Waals surface area contributed by atoms with E-state index in [1.165, 1.54) is 11.1 Å². The minimum absolute atomic E-state index is 0.0879. The number of aryl methyl sites for hydroxylation is 1. The maximum absolute atomic E-state index is 13.3. The molecule has 0 radical (unpaired) electrons. The lowest BCUT2D eigenvalue weighted by molar-refractivity contribution is 0.0729. The second-order valence-electron chi connectivity index (χ2n) is 7.07. The Labute approximate surface area is 159 Å². The minimum Gasteiger partial charge on any atom is -0.341 e. The molecule has 2 aromatic rings. The zero-order chi connectivity index (χ0) is 18.1. The normalized spacial score (nSPS) is 20.0. The van der Waals surface area contributed by atoms with E-state index in [0.29, 0.717) is 16.7 Å². The number of amides is 1. The van der Waals surface area contributed by atoms with Crippen molar-refractivity contribution in [3.63, 3.8) is 0 Å². The van der Waals surface area contributed by atoms with Gasteiger partial charge in [-0.05, 0) is 43.7 Å². The summed E-state index contributed by atoms with van der Waals surface area (Å²) in [6.45, 7) is 4.70. The maximum atomic E-state index is 13.3. The average molecular weight is 371 g/mol. The van der Waals surface area contributed by atoms with Gasteiger partial charge in [-0.15, -0.1) is 0 Å². The number of rotatable bonds is 3. The van der Waals surface area contributed by atoms with E-state index in [2.05, 4.69) is 33.9 Å². The molecule has 0 spiro atoms. The predicted molar refractivity (Wildman–Crippen MR) is 103 cm³/mol. The van der Waals surface area contributed by atoms with Crippen molar-refractivity contribution in [2.75, 3.05) is 24.5 Å². The van der Waals surface area contributed by atoms with Gasteiger partial charge in [-0.1, -0.05) is 35.9 Å². The van der Waals surface area contributed by atoms with Gasteiger partial charge in [-0.25, -0.2) is 9.97 Å². The predicted octanol–water partition coefficient (Wildman–Crippen LogP) is 4.02. The number of hydrogen-bond donors (Lipinski definition) is 0. The Hall–Kier alpha value is -2.14. The fourth-order valence-electron chi connectivity index (χ4n) is 4.01. The number of aromatic nitrogens is 2. The molecule has 3 heterocycles. The first-order valence-electron chi connectivity index (χ1n) is 9.29. The number of benzene rings is 1. The molecule has 1 atom stereocenters. The van der Waals surface area contributed by atoms with Crippen LogP contribution in [0.25, 0.3) is 0 Å². The van der Waals surface area contributed by atoms with Gasteiger partial charge in [0.1, 0.15) is 0 Å². The van der Waals surface area contributed by atoms with Gasteiger partial charge in [-0.3, -0.25) is 4.79 Å². The van der Waals surface area contributed by atoms with Crippen LogP contribution in [0, 0.1) is 6.92 Å². The Balaban J connectivity index is 1.64. The number of hydrogen-bond acceptors (Lipinski definition) is 4. The minimum atomic E-state index is -0.0939. The fraction of sp³-hybridized carbons (Fsp3) is 0.450. The summed E-state index contributed by atoms with van der Waals surface area (Å²) in [5, 5.41) is 0.327. The highest BCUT2D eigenvalue weighted by atomic mass is 35.5. The largest absolute Gasteiger partial charge is 0.341 e. The fourth-order valence-corrected chi connectivity index (χ4v) is 4.18. The monoisotopic (exact) mass is 370 g/mol. The summed E-state index contributed by atoms with van der Waals surface area (Å²) in [6.07, 6.45) is 5.80. The lowest BCUT2D eigenvalue weighted by Crippen LogP contribution is -2.32. The van der Waals surface area contributed by atoms with E-state index in [1.54, 1.807) is 6.20 Å². The Bertz CT molecular complexity index is 819. The summed E-state index contributed by atoms with van der Waals surface area (Å²) in [7, 11) is 0. The van der Waals surface area contributed by atoms with E-state index < -0.39 is 0 Å². The molecule has 2 saturated heterocycles. The zero-order valence-electron chi connectivity index (χ0n) is 15.0. The van der Waals surface area contributed by atoms with Crippen molar-refractivity contribution in [1.29, 1.82) is 0 Å². The van der Waals surface area contributed by atoms with E-state index in [1.807, 2.05) is 17.0 Å². The van der Waals surface area contributed by atoms with Crippen LogP contribution in [0.1, 0.15) is 53.3 Å². The van der Waals surface area contributed by atoms with Crippen molar-refractivity contribution in [2.45, 2.75) is 38.6 Å². The molecule has 0 saturated carbocycles. The van der Waals surface area contributed by atoms with Gasteiger partial charge in [0.05, 0.1) is 17.3 Å². The molecule has 1 amide bonds. The smallest absolute Gasteiger partial charge is 0.274 e. The molecule has 136 valence electrons. The molecular weight excluding hydrogens is 348 g/mol. The van der Waals surface area contributed by atoms with Crippen molar-refractivity contribution in [1.82, 2.24) is 14.9 Å². The molecule has 0 bridgehead atoms. The lowest BCUT2D eigenvalue weighted by atomic mass is 9.99. The summed E-state index contributed by atoms with van der Waals surface area (Å²) in [6, 6.07) is 8.36. The molecule has 2 aliphatic rings. The van der Waals surface area contributed by atoms with Crippen LogP contribution < -0.4 is 4.90 Å². The molecule has 1 aromatic carbocycles. The molecule has 1 unspecified atom stereocenters. The summed E-state index contributed by atoms with van der Waals surface area (Å²) >= 11 is 6.31. The van der Waals surface area contributed by atoms with Crippen LogP contribution in [0.15, 0.2) is 30.5 Å². The summed E-state index contributed by atoms with van der Waals surface area (Å²) in [5.74, 6) is 0.519. The van der Waals surface area contributed by atoms with E-state index in [4.69, 9.17) is 11.6 Å². The molecule has 0 N–H and O–H groups in total. The molecule has 26 heavy (non-hydrogen) atoms. The van der Waals surface area contributed by atoms with Crippen molar-refractivity contribution >= 4 is 23.5 Å². The molecule has 4 rings (SSSR count). The summed E-state index contributed by atoms with van der Waals surface area (Å²) < 4.78 is 0. The highest BCUT2D eigenvalue weighted by molar-refractivity contribution is 6.33. The molecule has 6 heteroatoms. The lowest BCUT2D eigenvalue weighted by Gasteiger charge is -2.26. The third-order valence-electron chi connectivity index (χ3n) is 5.38. The highest BCUT2D eigenvalue weighted by Crippen LogP contribution is 2.35. The van der Waals surface area contributed by atoms with Gasteiger partial charge < -0.3 is 9.80 Å². The summed E-state index contributed by atoms with van der Waals surface area (Å²) in [5.41, 5.74) is 2.75. The second-order valence-corrected chi connectivity index (χ2v) is 7.48. The van der Waals surface area contributed by atoms with Crippen LogP contribution in [0.4, 0.5) is 5.95 Å². The van der Waals surface area contributed by atoms with Crippen LogP contribution >= 0.6 is 11.6 Å². The first-order valence-corrected chi connectivity index (χ1v) is 9.67. The van der Waals surface area contributed by atoms with Crippen LogP contribution in [-0.2, 0) is 0 Å². The Morgan fingerprint density at radius 1 is 1.15 bits per heavy atom. The van der Waals surface area contributed by atoms with Gasteiger partial charge in [0.2, 0.25) is 5.95 Å². The molecule has 0 aliphatic carbocycles. The van der Waals surface area contributed by atoms with Gasteiger partial charge >= 0.3 is 0 Å². The average Bonchev–Trinajstić information content (AvgIpc) is 3.34. The number of carbonyl (C=O) groups is 1. The maximum Gasteiger partial charge on any atom is 0.274 e. The third kappa shape index (κ3) is 3.16. The Kier molecular flexibility index (Phi) is 4.81. The van der Waals surface area contributed by atoms with Crippen LogP contribution in [0.3, 0.4) is 0 Å². The number of nitrogens with zero attached hydrogens (tertiary/aromatic N) is 4. The third-order valence-corrected chi connectivity index (χ3v) is 5.66. The summed E-state index contributed by atoms with van der Waals surface area (Å²) in [4.78, 5) is 26.2. The Morgan fingerprint density at radius 2 is 1.92 bits per heavy atom. The first-order chi connectivity index (χ1) is 12.6. The highest BCUT2D eigenvalue weighted by Gasteiger charge is 2.33. The van der Waals surface area contributed by atoms with Crippen LogP contribution in [-0.4, -0.2) is 40.4 Å². The number of halogens is 1. The Morgan fingerprint density at radius 3 is 2.69 bits per heavy atom. The van der Waals surface area contributed by atoms with Crippen LogP contribution in [0.2, 0.25) is 5.02 Å². The standard InChI is InChI=1S/C20H23ClN4O/c1-14-7-2-3-8-15(14)17-9-6-12-25(17)19(26)18-16(21)13-22-20(23-18)24-10-4-5-11-24/h2-3,7-8,13,17H,4-6,9-12H2,1H3. The number of likely N-dealkylation sites (tertiary alicyclic amines) is 1. The van der Waals surface area contributed by atoms with E-state index >= 15 is 0 Å². The number of carbonyl (C=O) groups excluding carboxylic acids is 1. The molecule has 2 aliphatic heterocycles. The first kappa shape index (κ1) is 17.3. The quantitative estimate of drug-likeness (QED) is 0.818. The second kappa shape index (κ2) is 7.23. The molecular formula is C20H23ClN4O. The van der Waals surface area contributed by atoms with Gasteiger partial charge in [0, 0.05) is 19.6 Å². The van der Waals surface area contributed by atoms with E-state index in [-0.39, 0.29) is 11.9 Å². The zero-order valence-corrected chi connectivity index (χ0v) is 15.7. The van der Waals surface area contributed by atoms with E-state index in [0.717, 1.165) is 45.3 Å². The van der Waals surface area contributed by atoms with Gasteiger partial charge in [0.15, 0.2) is 5.69 Å². The van der Waals surface area contributed by atoms with Crippen molar-refractivity contribution in [3.8, 4) is 0 Å². The van der Waals surface area contributed by atoms with Crippen molar-refractivity contribution < 1.29 is 4.79 Å². The van der Waals surface area contributed by atoms with Gasteiger partial charge in [0.25, 0.3) is 5.91 Å². The molecule has 2 fully saturated rings. The van der Waals surface area contributed by atoms with Crippen molar-refractivity contribution in [2.24, 2.45) is 0 Å². The molecule has 5 nitrogen and oxygen atoms in total. The van der Waals surface area contributed by atoms with Gasteiger partial charge in [-0.2, -0.15) is 0 Å².